The first-order chi connectivity index (χ1) is 21.9. The van der Waals surface area contributed by atoms with Crippen LogP contribution in [0.2, 0.25) is 0 Å². The fourth-order valence-electron chi connectivity index (χ4n) is 7.06. The van der Waals surface area contributed by atoms with E-state index in [4.69, 9.17) is 4.52 Å². The first-order valence-electron chi connectivity index (χ1n) is 14.6. The Balaban J connectivity index is 1.16. The number of fused-ring (bicyclic) bond motifs is 3. The SMILES string of the molecule is Cn1c(C(=O)Nc2cc(F)c(F)c(F)c2)c2cccnc2c1S(=O)(=O)NC1C2CCC1CC(O)(c1cc(-c3ccccc3)on1)C2. The van der Waals surface area contributed by atoms with Crippen LogP contribution in [0.25, 0.3) is 22.2 Å². The Morgan fingerprint density at radius 2 is 1.70 bits per heavy atom. The first-order valence-corrected chi connectivity index (χ1v) is 16.1. The molecule has 2 atom stereocenters. The number of halogens is 3. The lowest BCUT2D eigenvalue weighted by Crippen LogP contribution is -2.49. The van der Waals surface area contributed by atoms with E-state index in [1.165, 1.54) is 25.4 Å². The Morgan fingerprint density at radius 3 is 2.37 bits per heavy atom. The predicted octanol–water partition coefficient (Wildman–Crippen LogP) is 5.25. The Kier molecular flexibility index (Phi) is 7.25. The lowest BCUT2D eigenvalue weighted by molar-refractivity contribution is -0.0398. The zero-order valence-corrected chi connectivity index (χ0v) is 25.2. The average molecular weight is 652 g/mol. The number of rotatable bonds is 7. The molecular weight excluding hydrogens is 623 g/mol. The van der Waals surface area contributed by atoms with Crippen LogP contribution in [-0.4, -0.2) is 40.2 Å². The highest BCUT2D eigenvalue weighted by molar-refractivity contribution is 7.89. The third kappa shape index (κ3) is 5.06. The molecule has 2 fully saturated rings. The summed E-state index contributed by atoms with van der Waals surface area (Å²) < 4.78 is 78.6. The van der Waals surface area contributed by atoms with Gasteiger partial charge >= 0.3 is 0 Å². The van der Waals surface area contributed by atoms with Crippen LogP contribution < -0.4 is 10.0 Å². The van der Waals surface area contributed by atoms with E-state index in [1.807, 2.05) is 30.3 Å². The highest BCUT2D eigenvalue weighted by atomic mass is 32.2. The molecule has 0 saturated heterocycles. The molecule has 0 radical (unpaired) electrons. The molecule has 3 N–H and O–H groups in total. The number of hydrogen-bond acceptors (Lipinski definition) is 7. The summed E-state index contributed by atoms with van der Waals surface area (Å²) in [5.74, 6) is -5.43. The van der Waals surface area contributed by atoms with Gasteiger partial charge in [0, 0.05) is 54.1 Å². The van der Waals surface area contributed by atoms with Crippen molar-refractivity contribution in [3.8, 4) is 11.3 Å². The van der Waals surface area contributed by atoms with E-state index in [2.05, 4.69) is 20.2 Å². The number of amides is 1. The number of anilines is 1. The van der Waals surface area contributed by atoms with E-state index in [1.54, 1.807) is 6.07 Å². The quantitative estimate of drug-likeness (QED) is 0.204. The van der Waals surface area contributed by atoms with E-state index in [9.17, 15) is 31.5 Å². The number of carbonyl (C=O) groups is 1. The number of pyridine rings is 1. The van der Waals surface area contributed by atoms with Crippen LogP contribution in [0.3, 0.4) is 0 Å². The molecule has 2 bridgehead atoms. The molecule has 10 nitrogen and oxygen atoms in total. The summed E-state index contributed by atoms with van der Waals surface area (Å²) in [7, 11) is -2.92. The third-order valence-electron chi connectivity index (χ3n) is 9.08. The minimum atomic E-state index is -4.30. The molecular formula is C32H28F3N5O5S. The van der Waals surface area contributed by atoms with Crippen LogP contribution >= 0.6 is 0 Å². The molecule has 3 heterocycles. The Morgan fingerprint density at radius 1 is 1.02 bits per heavy atom. The van der Waals surface area contributed by atoms with Gasteiger partial charge in [0.25, 0.3) is 15.9 Å². The summed E-state index contributed by atoms with van der Waals surface area (Å²) in [4.78, 5) is 17.6. The maximum Gasteiger partial charge on any atom is 0.273 e. The number of nitrogens with zero attached hydrogens (tertiary/aromatic N) is 3. The van der Waals surface area contributed by atoms with Crippen molar-refractivity contribution in [1.82, 2.24) is 19.4 Å². The molecule has 2 aliphatic carbocycles. The normalized spacial score (nSPS) is 22.8. The molecule has 3 aromatic heterocycles. The van der Waals surface area contributed by atoms with Gasteiger partial charge in [0.15, 0.2) is 28.2 Å². The molecule has 0 aliphatic heterocycles. The minimum Gasteiger partial charge on any atom is -0.383 e. The second-order valence-corrected chi connectivity index (χ2v) is 13.6. The number of aliphatic hydroxyl groups is 1. The number of carbonyl (C=O) groups excluding carboxylic acids is 1. The summed E-state index contributed by atoms with van der Waals surface area (Å²) in [6, 6.07) is 14.9. The van der Waals surface area contributed by atoms with Crippen molar-refractivity contribution < 1.29 is 36.0 Å². The molecule has 238 valence electrons. The van der Waals surface area contributed by atoms with Crippen LogP contribution in [0.4, 0.5) is 18.9 Å². The van der Waals surface area contributed by atoms with Gasteiger partial charge in [0.05, 0.1) is 0 Å². The van der Waals surface area contributed by atoms with Crippen LogP contribution in [0.1, 0.15) is 41.9 Å². The molecule has 2 aromatic carbocycles. The Bertz CT molecular complexity index is 2060. The van der Waals surface area contributed by atoms with Crippen molar-refractivity contribution in [1.29, 1.82) is 0 Å². The van der Waals surface area contributed by atoms with Crippen molar-refractivity contribution in [2.45, 2.75) is 42.4 Å². The van der Waals surface area contributed by atoms with Crippen molar-refractivity contribution in [3.05, 3.63) is 95.7 Å². The first kappa shape index (κ1) is 30.1. The number of sulfonamides is 1. The molecule has 7 rings (SSSR count). The van der Waals surface area contributed by atoms with E-state index < -0.39 is 45.0 Å². The Hall–Kier alpha value is -4.53. The van der Waals surface area contributed by atoms with Gasteiger partial charge in [-0.3, -0.25) is 9.78 Å². The van der Waals surface area contributed by atoms with Gasteiger partial charge < -0.3 is 19.5 Å². The van der Waals surface area contributed by atoms with E-state index in [0.717, 1.165) is 10.1 Å². The van der Waals surface area contributed by atoms with Gasteiger partial charge in [-0.05, 0) is 49.7 Å². The van der Waals surface area contributed by atoms with E-state index in [0.29, 0.717) is 36.4 Å². The van der Waals surface area contributed by atoms with Gasteiger partial charge in [0.1, 0.15) is 22.5 Å². The lowest BCUT2D eigenvalue weighted by Gasteiger charge is -2.40. The predicted molar refractivity (Wildman–Crippen MR) is 160 cm³/mol. The fourth-order valence-corrected chi connectivity index (χ4v) is 8.78. The third-order valence-corrected chi connectivity index (χ3v) is 10.6. The summed E-state index contributed by atoms with van der Waals surface area (Å²) in [6.45, 7) is 0. The maximum atomic E-state index is 14.0. The van der Waals surface area contributed by atoms with Crippen molar-refractivity contribution in [2.75, 3.05) is 5.32 Å². The van der Waals surface area contributed by atoms with Gasteiger partial charge in [-0.15, -0.1) is 0 Å². The monoisotopic (exact) mass is 651 g/mol. The van der Waals surface area contributed by atoms with Crippen molar-refractivity contribution >= 4 is 32.5 Å². The molecule has 0 spiro atoms. The summed E-state index contributed by atoms with van der Waals surface area (Å²) in [6.07, 6.45) is 3.30. The zero-order chi connectivity index (χ0) is 32.4. The lowest BCUT2D eigenvalue weighted by atomic mass is 9.73. The number of benzene rings is 2. The smallest absolute Gasteiger partial charge is 0.273 e. The number of hydrogen-bond donors (Lipinski definition) is 3. The van der Waals surface area contributed by atoms with Crippen molar-refractivity contribution in [2.24, 2.45) is 18.9 Å². The molecule has 14 heteroatoms. The summed E-state index contributed by atoms with van der Waals surface area (Å²) in [5, 5.41) is 18.1. The zero-order valence-electron chi connectivity index (χ0n) is 24.4. The standard InChI is InChI=1S/C32H28F3N5O5S/c1-40-29(30(41)37-20-12-22(33)26(35)23(34)13-20)21-8-5-11-36-28(21)31(40)46(43,44)39-27-18-9-10-19(27)16-32(42,15-18)25-14-24(45-38-25)17-6-3-2-4-7-17/h2-8,11-14,18-19,27,39,42H,9-10,15-16H2,1H3,(H,37,41). The summed E-state index contributed by atoms with van der Waals surface area (Å²) >= 11 is 0. The molecule has 5 aromatic rings. The number of nitrogens with one attached hydrogen (secondary N) is 2. The molecule has 46 heavy (non-hydrogen) atoms. The topological polar surface area (TPSA) is 139 Å². The largest absolute Gasteiger partial charge is 0.383 e. The van der Waals surface area contributed by atoms with Crippen LogP contribution in [0, 0.1) is 29.3 Å². The maximum absolute atomic E-state index is 14.0. The van der Waals surface area contributed by atoms with E-state index >= 15 is 0 Å². The van der Waals surface area contributed by atoms with Crippen molar-refractivity contribution in [3.63, 3.8) is 0 Å². The molecule has 2 saturated carbocycles. The summed E-state index contributed by atoms with van der Waals surface area (Å²) in [5.41, 5.74) is -0.531. The highest BCUT2D eigenvalue weighted by Crippen LogP contribution is 2.51. The van der Waals surface area contributed by atoms with Gasteiger partial charge in [-0.25, -0.2) is 26.3 Å². The van der Waals surface area contributed by atoms with E-state index in [-0.39, 0.29) is 52.0 Å². The average Bonchev–Trinajstić information content (AvgIpc) is 3.70. The van der Waals surface area contributed by atoms with Crippen LogP contribution in [0.15, 0.2) is 76.4 Å². The highest BCUT2D eigenvalue weighted by Gasteiger charge is 2.52. The van der Waals surface area contributed by atoms with Gasteiger partial charge in [-0.2, -0.15) is 0 Å². The van der Waals surface area contributed by atoms with Gasteiger partial charge in [-0.1, -0.05) is 35.5 Å². The van der Waals surface area contributed by atoms with Crippen LogP contribution in [0.5, 0.6) is 0 Å². The second-order valence-electron chi connectivity index (χ2n) is 11.9. The Labute approximate surface area is 261 Å². The second kappa shape index (κ2) is 11.1. The molecule has 2 aliphatic rings. The van der Waals surface area contributed by atoms with Gasteiger partial charge in [0.2, 0.25) is 0 Å². The molecule has 2 unspecified atom stereocenters. The fraction of sp³-hybridized carbons (Fsp3) is 0.281. The minimum absolute atomic E-state index is 0.0230. The number of aromatic nitrogens is 3. The van der Waals surface area contributed by atoms with Crippen LogP contribution in [-0.2, 0) is 22.7 Å². The molecule has 1 amide bonds.